The van der Waals surface area contributed by atoms with Crippen molar-refractivity contribution in [2.24, 2.45) is 0 Å². The molecule has 2 saturated heterocycles. The quantitative estimate of drug-likeness (QED) is 0.737. The number of piperidine rings is 1. The second-order valence-electron chi connectivity index (χ2n) is 8.44. The lowest BCUT2D eigenvalue weighted by atomic mass is 9.98. The molecule has 4 heterocycles. The number of aromatic nitrogens is 4. The molecular weight excluding hydrogens is 439 g/mol. The molecule has 0 unspecified atom stereocenters. The summed E-state index contributed by atoms with van der Waals surface area (Å²) in [6, 6.07) is 0.506. The maximum absolute atomic E-state index is 13.2. The fourth-order valence-corrected chi connectivity index (χ4v) is 4.30. The summed E-state index contributed by atoms with van der Waals surface area (Å²) < 4.78 is 39.5. The Balaban J connectivity index is 1.41. The van der Waals surface area contributed by atoms with E-state index in [1.165, 1.54) is 0 Å². The molecule has 0 radical (unpaired) electrons. The summed E-state index contributed by atoms with van der Waals surface area (Å²) in [6.07, 6.45) is 1.26. The minimum atomic E-state index is -4.77. The number of aromatic amines is 1. The fraction of sp³-hybridized carbons (Fsp3) is 0.571. The molecule has 0 saturated carbocycles. The molecule has 9 nitrogen and oxygen atoms in total. The van der Waals surface area contributed by atoms with Crippen molar-refractivity contribution in [3.05, 3.63) is 39.9 Å². The number of alkyl halides is 3. The van der Waals surface area contributed by atoms with Gasteiger partial charge in [0.2, 0.25) is 11.9 Å². The molecule has 0 bridgehead atoms. The van der Waals surface area contributed by atoms with Crippen molar-refractivity contribution in [1.82, 2.24) is 25.1 Å². The van der Waals surface area contributed by atoms with Gasteiger partial charge in [-0.05, 0) is 31.7 Å². The Kier molecular flexibility index (Phi) is 6.52. The number of piperazine rings is 1. The smallest absolute Gasteiger partial charge is 0.352 e. The standard InChI is InChI=1S/C21H26F3N7O2/c1-14-12-25-20(26-13-14)30-8-6-29(7-9-30)18(32)10-15-4-2-3-5-31(15)17-11-16(21(22,23)24)19(33)28-27-17/h11-13,15H,2-10H2,1H3,(H,28,33)/t15-/m1/s1. The number of hydrogen-bond donors (Lipinski definition) is 1. The molecule has 1 N–H and O–H groups in total. The van der Waals surface area contributed by atoms with Crippen LogP contribution in [-0.4, -0.2) is 69.7 Å². The van der Waals surface area contributed by atoms with Gasteiger partial charge in [0.15, 0.2) is 0 Å². The Hall–Kier alpha value is -3.18. The van der Waals surface area contributed by atoms with Gasteiger partial charge in [0.05, 0.1) is 0 Å². The third-order valence-electron chi connectivity index (χ3n) is 6.11. The molecule has 2 aromatic rings. The predicted octanol–water partition coefficient (Wildman–Crippen LogP) is 1.98. The molecule has 1 atom stereocenters. The molecule has 178 valence electrons. The lowest BCUT2D eigenvalue weighted by Gasteiger charge is -2.39. The molecule has 0 aliphatic carbocycles. The SMILES string of the molecule is Cc1cnc(N2CCN(C(=O)C[C@H]3CCCCN3c3cc(C(F)(F)F)c(=O)[nH]n3)CC2)nc1. The Labute approximate surface area is 188 Å². The molecule has 2 aliphatic rings. The number of carbonyl (C=O) groups is 1. The lowest BCUT2D eigenvalue weighted by molar-refractivity contribution is -0.138. The number of rotatable bonds is 4. The largest absolute Gasteiger partial charge is 0.421 e. The summed E-state index contributed by atoms with van der Waals surface area (Å²) in [6.45, 7) is 4.67. The van der Waals surface area contributed by atoms with Gasteiger partial charge in [-0.1, -0.05) is 0 Å². The van der Waals surface area contributed by atoms with Crippen molar-refractivity contribution in [3.8, 4) is 0 Å². The van der Waals surface area contributed by atoms with Gasteiger partial charge in [-0.25, -0.2) is 15.1 Å². The van der Waals surface area contributed by atoms with Crippen LogP contribution in [-0.2, 0) is 11.0 Å². The second kappa shape index (κ2) is 9.36. The van der Waals surface area contributed by atoms with Crippen LogP contribution in [0.15, 0.2) is 23.3 Å². The summed E-state index contributed by atoms with van der Waals surface area (Å²) in [5.41, 5.74) is -1.58. The zero-order valence-electron chi connectivity index (χ0n) is 18.3. The van der Waals surface area contributed by atoms with Crippen molar-refractivity contribution in [2.45, 2.75) is 44.8 Å². The average Bonchev–Trinajstić information content (AvgIpc) is 2.80. The summed E-state index contributed by atoms with van der Waals surface area (Å²) in [7, 11) is 0. The lowest BCUT2D eigenvalue weighted by Crippen LogP contribution is -2.51. The first-order valence-corrected chi connectivity index (χ1v) is 11.0. The minimum absolute atomic E-state index is 0.0424. The van der Waals surface area contributed by atoms with Gasteiger partial charge in [0, 0.05) is 63.6 Å². The fourth-order valence-electron chi connectivity index (χ4n) is 4.30. The molecule has 4 rings (SSSR count). The Morgan fingerprint density at radius 1 is 1.12 bits per heavy atom. The molecule has 0 aromatic carbocycles. The van der Waals surface area contributed by atoms with E-state index < -0.39 is 17.3 Å². The van der Waals surface area contributed by atoms with Crippen molar-refractivity contribution in [3.63, 3.8) is 0 Å². The van der Waals surface area contributed by atoms with E-state index in [2.05, 4.69) is 15.1 Å². The average molecular weight is 465 g/mol. The maximum atomic E-state index is 13.2. The van der Waals surface area contributed by atoms with Gasteiger partial charge >= 0.3 is 6.18 Å². The highest BCUT2D eigenvalue weighted by atomic mass is 19.4. The number of halogens is 3. The molecule has 12 heteroatoms. The van der Waals surface area contributed by atoms with Crippen molar-refractivity contribution < 1.29 is 18.0 Å². The van der Waals surface area contributed by atoms with E-state index in [1.54, 1.807) is 22.2 Å². The maximum Gasteiger partial charge on any atom is 0.421 e. The van der Waals surface area contributed by atoms with E-state index in [0.717, 1.165) is 24.5 Å². The summed E-state index contributed by atoms with van der Waals surface area (Å²) in [5, 5.41) is 5.79. The zero-order valence-corrected chi connectivity index (χ0v) is 18.3. The van der Waals surface area contributed by atoms with Gasteiger partial charge in [0.25, 0.3) is 5.56 Å². The predicted molar refractivity (Wildman–Crippen MR) is 115 cm³/mol. The van der Waals surface area contributed by atoms with Crippen LogP contribution in [0.2, 0.25) is 0 Å². The van der Waals surface area contributed by atoms with Gasteiger partial charge in [-0.15, -0.1) is 0 Å². The van der Waals surface area contributed by atoms with Gasteiger partial charge in [-0.2, -0.15) is 18.3 Å². The first kappa shape index (κ1) is 23.0. The Bertz CT molecular complexity index is 1030. The van der Waals surface area contributed by atoms with Gasteiger partial charge in [0.1, 0.15) is 11.4 Å². The van der Waals surface area contributed by atoms with E-state index in [0.29, 0.717) is 45.1 Å². The first-order chi connectivity index (χ1) is 15.7. The van der Waals surface area contributed by atoms with Crippen LogP contribution >= 0.6 is 0 Å². The molecule has 1 amide bonds. The Morgan fingerprint density at radius 3 is 2.48 bits per heavy atom. The van der Waals surface area contributed by atoms with Crippen LogP contribution in [0.25, 0.3) is 0 Å². The third kappa shape index (κ3) is 5.25. The van der Waals surface area contributed by atoms with Crippen LogP contribution in [0.4, 0.5) is 24.9 Å². The number of anilines is 2. The molecule has 2 fully saturated rings. The van der Waals surface area contributed by atoms with Gasteiger partial charge in [-0.3, -0.25) is 9.59 Å². The number of carbonyl (C=O) groups excluding carboxylic acids is 1. The summed E-state index contributed by atoms with van der Waals surface area (Å²) in [4.78, 5) is 38.8. The highest BCUT2D eigenvalue weighted by Crippen LogP contribution is 2.30. The summed E-state index contributed by atoms with van der Waals surface area (Å²) >= 11 is 0. The highest BCUT2D eigenvalue weighted by Gasteiger charge is 2.36. The van der Waals surface area contributed by atoms with Gasteiger partial charge < -0.3 is 14.7 Å². The van der Waals surface area contributed by atoms with Crippen LogP contribution < -0.4 is 15.4 Å². The zero-order chi connectivity index (χ0) is 23.6. The number of nitrogens with one attached hydrogen (secondary N) is 1. The number of H-pyrrole nitrogens is 1. The third-order valence-corrected chi connectivity index (χ3v) is 6.11. The van der Waals surface area contributed by atoms with E-state index in [-0.39, 0.29) is 24.2 Å². The number of hydrogen-bond acceptors (Lipinski definition) is 7. The molecular formula is C21H26F3N7O2. The number of aryl methyl sites for hydroxylation is 1. The monoisotopic (exact) mass is 465 g/mol. The normalized spacial score (nSPS) is 19.6. The van der Waals surface area contributed by atoms with Crippen LogP contribution in [0.5, 0.6) is 0 Å². The number of amides is 1. The van der Waals surface area contributed by atoms with E-state index in [9.17, 15) is 22.8 Å². The topological polar surface area (TPSA) is 98.3 Å². The molecule has 2 aromatic heterocycles. The van der Waals surface area contributed by atoms with Crippen LogP contribution in [0, 0.1) is 6.92 Å². The second-order valence-corrected chi connectivity index (χ2v) is 8.44. The molecule has 2 aliphatic heterocycles. The first-order valence-electron chi connectivity index (χ1n) is 11.0. The molecule has 0 spiro atoms. The van der Waals surface area contributed by atoms with Crippen LogP contribution in [0.3, 0.4) is 0 Å². The Morgan fingerprint density at radius 2 is 1.82 bits per heavy atom. The number of nitrogens with zero attached hydrogens (tertiary/aromatic N) is 6. The van der Waals surface area contributed by atoms with Crippen molar-refractivity contribution >= 4 is 17.7 Å². The van der Waals surface area contributed by atoms with Crippen LogP contribution in [0.1, 0.15) is 36.8 Å². The van der Waals surface area contributed by atoms with Crippen molar-refractivity contribution in [2.75, 3.05) is 42.5 Å². The van der Waals surface area contributed by atoms with Crippen molar-refractivity contribution in [1.29, 1.82) is 0 Å². The van der Waals surface area contributed by atoms with E-state index in [1.807, 2.05) is 16.9 Å². The minimum Gasteiger partial charge on any atom is -0.352 e. The molecule has 33 heavy (non-hydrogen) atoms. The highest BCUT2D eigenvalue weighted by molar-refractivity contribution is 5.77. The summed E-state index contributed by atoms with van der Waals surface area (Å²) in [5.74, 6) is 0.633. The van der Waals surface area contributed by atoms with E-state index >= 15 is 0 Å². The van der Waals surface area contributed by atoms with E-state index in [4.69, 9.17) is 0 Å².